The van der Waals surface area contributed by atoms with Crippen LogP contribution in [-0.4, -0.2) is 8.83 Å². The van der Waals surface area contributed by atoms with Gasteiger partial charge in [0.2, 0.25) is 0 Å². The maximum atomic E-state index is 5.07. The third-order valence-corrected chi connectivity index (χ3v) is 8.63. The average Bonchev–Trinajstić information content (AvgIpc) is 2.35. The van der Waals surface area contributed by atoms with Crippen molar-refractivity contribution in [2.75, 3.05) is 4.43 Å². The Hall–Kier alpha value is 0.308. The van der Waals surface area contributed by atoms with Crippen molar-refractivity contribution in [2.45, 2.75) is 53.9 Å². The topological polar surface area (TPSA) is 12.4 Å². The van der Waals surface area contributed by atoms with E-state index < -0.39 is 0 Å². The Morgan fingerprint density at radius 2 is 2.00 bits per heavy atom. The molecule has 0 saturated heterocycles. The molecule has 0 N–H and O–H groups in total. The molecule has 0 spiro atoms. The van der Waals surface area contributed by atoms with E-state index in [2.05, 4.69) is 64.1 Å². The van der Waals surface area contributed by atoms with E-state index in [9.17, 15) is 0 Å². The van der Waals surface area contributed by atoms with Crippen LogP contribution < -0.4 is 21.2 Å². The standard InChI is InChI=1S/C12H17IN.C5H10.Mo/c1-4-8-13-11-7-5-6-10(9(2)3)12(11)14;1-5(2,3)4;/h5-7,9H,4,8H2,1-3H3;1H,2-4H3;/q-1;;. The molecule has 0 aliphatic rings. The van der Waals surface area contributed by atoms with E-state index in [-0.39, 0.29) is 39.1 Å². The Morgan fingerprint density at radius 1 is 1.30 bits per heavy atom. The van der Waals surface area contributed by atoms with Gasteiger partial charge in [-0.15, -0.1) is 0 Å². The molecule has 0 aromatic heterocycles. The number of benzene rings is 1. The first-order valence-electron chi connectivity index (χ1n) is 7.28. The van der Waals surface area contributed by atoms with Gasteiger partial charge in [-0.3, -0.25) is 0 Å². The minimum atomic E-state index is -0.388. The molecule has 1 rings (SSSR count). The van der Waals surface area contributed by atoms with Gasteiger partial charge in [0.05, 0.1) is 0 Å². The molecule has 0 fully saturated rings. The Morgan fingerprint density at radius 3 is 2.55 bits per heavy atom. The van der Waals surface area contributed by atoms with Gasteiger partial charge in [-0.2, -0.15) is 0 Å². The number of rotatable bonds is 5. The summed E-state index contributed by atoms with van der Waals surface area (Å²) in [7, 11) is 0. The zero-order valence-corrected chi connectivity index (χ0v) is 17.7. The predicted octanol–water partition coefficient (Wildman–Crippen LogP) is 2.22. The fourth-order valence-electron chi connectivity index (χ4n) is 1.64. The van der Waals surface area contributed by atoms with Crippen molar-refractivity contribution in [1.29, 1.82) is 0 Å². The van der Waals surface area contributed by atoms with Gasteiger partial charge in [0, 0.05) is 0 Å². The summed E-state index contributed by atoms with van der Waals surface area (Å²) >= 11 is -0.259. The van der Waals surface area contributed by atoms with E-state index in [1.54, 1.807) is 3.57 Å². The third-order valence-electron chi connectivity index (χ3n) is 2.62. The molecule has 3 heteroatoms. The van der Waals surface area contributed by atoms with Crippen molar-refractivity contribution in [2.24, 2.45) is 8.91 Å². The second kappa shape index (κ2) is 8.68. The molecule has 1 aromatic rings. The summed E-state index contributed by atoms with van der Waals surface area (Å²) in [5, 5.41) is 0. The quantitative estimate of drug-likeness (QED) is 0.357. The molecule has 0 amide bonds. The molecule has 0 heterocycles. The van der Waals surface area contributed by atoms with Gasteiger partial charge >= 0.3 is 144 Å². The van der Waals surface area contributed by atoms with Crippen LogP contribution in [0.4, 0.5) is 5.69 Å². The molecular weight excluding hydrogens is 441 g/mol. The van der Waals surface area contributed by atoms with E-state index in [4.69, 9.17) is 3.50 Å². The zero-order valence-electron chi connectivity index (χ0n) is 13.5. The second-order valence-electron chi connectivity index (χ2n) is 6.34. The van der Waals surface area contributed by atoms with Crippen molar-refractivity contribution in [3.63, 3.8) is 0 Å². The molecular formula is C17H27IMoN-. The van der Waals surface area contributed by atoms with Crippen LogP contribution in [0.5, 0.6) is 0 Å². The van der Waals surface area contributed by atoms with Crippen LogP contribution in [0.1, 0.15) is 59.4 Å². The van der Waals surface area contributed by atoms with E-state index in [0.29, 0.717) is 11.3 Å². The van der Waals surface area contributed by atoms with Crippen molar-refractivity contribution in [1.82, 2.24) is 0 Å². The zero-order chi connectivity index (χ0) is 15.2. The van der Waals surface area contributed by atoms with E-state index >= 15 is 0 Å². The average molecular weight is 468 g/mol. The van der Waals surface area contributed by atoms with Crippen LogP contribution >= 0.6 is 0 Å². The Labute approximate surface area is 143 Å². The first kappa shape index (κ1) is 18.4. The number of nitrogens with zero attached hydrogens (tertiary/aromatic N) is 1. The monoisotopic (exact) mass is 470 g/mol. The van der Waals surface area contributed by atoms with Gasteiger partial charge in [0.1, 0.15) is 0 Å². The van der Waals surface area contributed by atoms with Crippen LogP contribution in [-0.2, 0) is 17.9 Å². The molecule has 0 aliphatic heterocycles. The molecule has 1 nitrogen and oxygen atoms in total. The summed E-state index contributed by atoms with van der Waals surface area (Å²) in [5.74, 6) is 0.571. The van der Waals surface area contributed by atoms with Crippen molar-refractivity contribution >= 4 is 10.1 Å². The van der Waals surface area contributed by atoms with Crippen molar-refractivity contribution in [3.8, 4) is 0 Å². The minimum absolute atomic E-state index is 0.129. The summed E-state index contributed by atoms with van der Waals surface area (Å²) < 4.78 is 10.4. The molecule has 114 valence electrons. The number of hydrogen-bond donors (Lipinski definition) is 0. The Bertz CT molecular complexity index is 494. The molecule has 0 unspecified atom stereocenters. The van der Waals surface area contributed by atoms with Crippen LogP contribution in [0, 0.1) is 8.99 Å². The normalized spacial score (nSPS) is 11.8. The van der Waals surface area contributed by atoms with Gasteiger partial charge in [0.25, 0.3) is 0 Å². The number of hydrogen-bond acceptors (Lipinski definition) is 1. The first-order chi connectivity index (χ1) is 9.35. The van der Waals surface area contributed by atoms with Crippen molar-refractivity contribution in [3.05, 3.63) is 27.3 Å². The van der Waals surface area contributed by atoms with Gasteiger partial charge in [-0.25, -0.2) is 0 Å². The SMILES string of the molecule is CCC[I-]c1cccc(C(C)C)c1[N]=[Mo]=[CH]C(C)(C)C. The van der Waals surface area contributed by atoms with Gasteiger partial charge in [-0.1, -0.05) is 0 Å². The van der Waals surface area contributed by atoms with E-state index in [1.165, 1.54) is 22.1 Å². The molecule has 1 aromatic carbocycles. The van der Waals surface area contributed by atoms with Gasteiger partial charge in [0.15, 0.2) is 0 Å². The fourth-order valence-corrected chi connectivity index (χ4v) is 6.11. The van der Waals surface area contributed by atoms with E-state index in [0.717, 1.165) is 0 Å². The predicted molar refractivity (Wildman–Crippen MR) is 82.0 cm³/mol. The van der Waals surface area contributed by atoms with Crippen molar-refractivity contribution < 1.29 is 39.1 Å². The summed E-state index contributed by atoms with van der Waals surface area (Å²) in [4.78, 5) is 0. The fraction of sp³-hybridized carbons (Fsp3) is 0.588. The molecule has 0 atom stereocenters. The van der Waals surface area contributed by atoms with Gasteiger partial charge in [-0.05, 0) is 0 Å². The summed E-state index contributed by atoms with van der Waals surface area (Å²) in [6, 6.07) is 6.82. The maximum absolute atomic E-state index is 5.07. The van der Waals surface area contributed by atoms with Crippen LogP contribution in [0.15, 0.2) is 21.7 Å². The number of halogens is 1. The second-order valence-corrected chi connectivity index (χ2v) is 10.9. The molecule has 0 radical (unpaired) electrons. The molecule has 20 heavy (non-hydrogen) atoms. The third kappa shape index (κ3) is 6.39. The van der Waals surface area contributed by atoms with Crippen LogP contribution in [0.25, 0.3) is 0 Å². The molecule has 0 bridgehead atoms. The van der Waals surface area contributed by atoms with Gasteiger partial charge < -0.3 is 0 Å². The summed E-state index contributed by atoms with van der Waals surface area (Å²) in [6.45, 7) is 13.7. The Kier molecular flexibility index (Phi) is 7.97. The summed E-state index contributed by atoms with van der Waals surface area (Å²) in [6.07, 6.45) is 1.30. The van der Waals surface area contributed by atoms with Crippen LogP contribution in [0.3, 0.4) is 0 Å². The number of alkyl halides is 1. The Balaban J connectivity index is 3.21. The molecule has 0 aliphatic carbocycles. The van der Waals surface area contributed by atoms with E-state index in [1.807, 2.05) is 0 Å². The first-order valence-corrected chi connectivity index (χ1v) is 11.9. The van der Waals surface area contributed by atoms with Crippen LogP contribution in [0.2, 0.25) is 0 Å². The summed E-state index contributed by atoms with van der Waals surface area (Å²) in [5.41, 5.74) is 3.11. The molecule has 0 saturated carbocycles.